The number of rotatable bonds is 6. The molecule has 0 aliphatic heterocycles. The SMILES string of the molecule is O=C(COC(=O)c1ccc2c(c1[N+](=O)[O-])C(=O)c1ccccc1C2=O)Nc1ccc(F)c([N+](=O)[O-])c1. The maximum atomic E-state index is 13.4. The highest BCUT2D eigenvalue weighted by atomic mass is 19.1. The van der Waals surface area contributed by atoms with Crippen molar-refractivity contribution in [3.63, 3.8) is 0 Å². The number of anilines is 1. The summed E-state index contributed by atoms with van der Waals surface area (Å²) in [6, 6.07) is 10.3. The topological polar surface area (TPSA) is 176 Å². The van der Waals surface area contributed by atoms with E-state index in [0.717, 1.165) is 30.3 Å². The van der Waals surface area contributed by atoms with E-state index in [-0.39, 0.29) is 22.4 Å². The van der Waals surface area contributed by atoms with Crippen LogP contribution in [0, 0.1) is 26.0 Å². The largest absolute Gasteiger partial charge is 0.452 e. The fraction of sp³-hybridized carbons (Fsp3) is 0.0435. The number of esters is 1. The Labute approximate surface area is 199 Å². The van der Waals surface area contributed by atoms with Crippen LogP contribution in [0.15, 0.2) is 54.6 Å². The first-order valence-electron chi connectivity index (χ1n) is 10.0. The molecule has 0 radical (unpaired) electrons. The van der Waals surface area contributed by atoms with Crippen LogP contribution >= 0.6 is 0 Å². The van der Waals surface area contributed by atoms with Crippen LogP contribution in [0.2, 0.25) is 0 Å². The summed E-state index contributed by atoms with van der Waals surface area (Å²) < 4.78 is 18.2. The molecule has 0 fully saturated rings. The highest BCUT2D eigenvalue weighted by Gasteiger charge is 2.39. The Hall–Kier alpha value is -5.33. The number of nitrogens with zero attached hydrogens (tertiary/aromatic N) is 2. The highest BCUT2D eigenvalue weighted by molar-refractivity contribution is 6.30. The van der Waals surface area contributed by atoms with E-state index in [2.05, 4.69) is 5.32 Å². The van der Waals surface area contributed by atoms with Crippen LogP contribution in [0.25, 0.3) is 0 Å². The van der Waals surface area contributed by atoms with Gasteiger partial charge in [0.25, 0.3) is 11.6 Å². The van der Waals surface area contributed by atoms with Crippen molar-refractivity contribution in [3.8, 4) is 0 Å². The second kappa shape index (κ2) is 9.13. The van der Waals surface area contributed by atoms with E-state index in [1.807, 2.05) is 0 Å². The van der Waals surface area contributed by atoms with Gasteiger partial charge in [0.15, 0.2) is 12.4 Å². The molecule has 12 nitrogen and oxygen atoms in total. The predicted octanol–water partition coefficient (Wildman–Crippen LogP) is 3.21. The minimum Gasteiger partial charge on any atom is -0.452 e. The number of hydrogen-bond acceptors (Lipinski definition) is 9. The van der Waals surface area contributed by atoms with Gasteiger partial charge in [-0.05, 0) is 24.3 Å². The molecule has 1 amide bonds. The molecule has 1 N–H and O–H groups in total. The molecule has 180 valence electrons. The summed E-state index contributed by atoms with van der Waals surface area (Å²) in [4.78, 5) is 71.1. The van der Waals surface area contributed by atoms with E-state index in [0.29, 0.717) is 0 Å². The van der Waals surface area contributed by atoms with E-state index < -0.39 is 68.2 Å². The molecule has 0 saturated heterocycles. The number of nitro groups is 2. The molecule has 1 aliphatic carbocycles. The average molecular weight is 493 g/mol. The minimum absolute atomic E-state index is 0.0589. The summed E-state index contributed by atoms with van der Waals surface area (Å²) >= 11 is 0. The van der Waals surface area contributed by atoms with Gasteiger partial charge in [-0.3, -0.25) is 34.6 Å². The molecule has 4 rings (SSSR count). The fourth-order valence-electron chi connectivity index (χ4n) is 3.66. The van der Waals surface area contributed by atoms with Crippen molar-refractivity contribution >= 4 is 40.5 Å². The van der Waals surface area contributed by atoms with Crippen molar-refractivity contribution < 1.29 is 38.2 Å². The summed E-state index contributed by atoms with van der Waals surface area (Å²) in [6.45, 7) is -0.964. The number of nitrogens with one attached hydrogen (secondary N) is 1. The zero-order chi connectivity index (χ0) is 26.1. The summed E-state index contributed by atoms with van der Waals surface area (Å²) in [5.74, 6) is -4.89. The van der Waals surface area contributed by atoms with Crippen LogP contribution in [0.4, 0.5) is 21.5 Å². The average Bonchev–Trinajstić information content (AvgIpc) is 2.85. The van der Waals surface area contributed by atoms with Crippen LogP contribution in [-0.2, 0) is 9.53 Å². The molecule has 36 heavy (non-hydrogen) atoms. The number of benzene rings is 3. The molecule has 0 atom stereocenters. The van der Waals surface area contributed by atoms with Gasteiger partial charge < -0.3 is 10.1 Å². The maximum Gasteiger partial charge on any atom is 0.345 e. The van der Waals surface area contributed by atoms with Gasteiger partial charge in [-0.2, -0.15) is 4.39 Å². The lowest BCUT2D eigenvalue weighted by Gasteiger charge is -2.18. The molecule has 0 heterocycles. The standard InChI is InChI=1S/C23H12FN3O9/c24-16-8-5-11(9-17(16)26(32)33)25-18(28)10-36-23(31)15-7-6-14-19(20(15)27(34)35)22(30)13-4-2-1-3-12(13)21(14)29/h1-9H,10H2,(H,25,28). The lowest BCUT2D eigenvalue weighted by molar-refractivity contribution is -0.387. The van der Waals surface area contributed by atoms with Gasteiger partial charge in [0, 0.05) is 28.4 Å². The molecule has 0 spiro atoms. The van der Waals surface area contributed by atoms with Gasteiger partial charge in [-0.15, -0.1) is 0 Å². The van der Waals surface area contributed by atoms with Gasteiger partial charge in [0.1, 0.15) is 11.1 Å². The van der Waals surface area contributed by atoms with Crippen LogP contribution < -0.4 is 5.32 Å². The first-order valence-corrected chi connectivity index (χ1v) is 10.0. The molecular weight excluding hydrogens is 481 g/mol. The van der Waals surface area contributed by atoms with Gasteiger partial charge in [0.05, 0.1) is 9.85 Å². The third kappa shape index (κ3) is 4.16. The molecule has 3 aromatic carbocycles. The lowest BCUT2D eigenvalue weighted by atomic mass is 9.82. The van der Waals surface area contributed by atoms with E-state index in [4.69, 9.17) is 4.74 Å². The first kappa shape index (κ1) is 23.8. The van der Waals surface area contributed by atoms with Crippen molar-refractivity contribution in [1.82, 2.24) is 0 Å². The summed E-state index contributed by atoms with van der Waals surface area (Å²) in [5, 5.41) is 24.8. The van der Waals surface area contributed by atoms with Crippen molar-refractivity contribution in [3.05, 3.63) is 108 Å². The normalized spacial score (nSPS) is 11.8. The second-order valence-corrected chi connectivity index (χ2v) is 7.39. The highest BCUT2D eigenvalue weighted by Crippen LogP contribution is 2.35. The van der Waals surface area contributed by atoms with E-state index in [9.17, 15) is 43.8 Å². The Bertz CT molecular complexity index is 1520. The van der Waals surface area contributed by atoms with Gasteiger partial charge >= 0.3 is 11.7 Å². The van der Waals surface area contributed by atoms with Crippen LogP contribution in [-0.4, -0.2) is 39.9 Å². The molecule has 0 aromatic heterocycles. The molecule has 0 bridgehead atoms. The number of nitro benzene ring substituents is 2. The zero-order valence-corrected chi connectivity index (χ0v) is 17.8. The number of ketones is 2. The molecule has 13 heteroatoms. The molecular formula is C23H12FN3O9. The van der Waals surface area contributed by atoms with Crippen molar-refractivity contribution in [2.75, 3.05) is 11.9 Å². The van der Waals surface area contributed by atoms with Crippen LogP contribution in [0.1, 0.15) is 42.2 Å². The number of carbonyl (C=O) groups excluding carboxylic acids is 4. The quantitative estimate of drug-likeness (QED) is 0.240. The van der Waals surface area contributed by atoms with E-state index in [1.165, 1.54) is 24.3 Å². The van der Waals surface area contributed by atoms with Crippen LogP contribution in [0.5, 0.6) is 0 Å². The Morgan fingerprint density at radius 3 is 2.19 bits per heavy atom. The van der Waals surface area contributed by atoms with Gasteiger partial charge in [0.2, 0.25) is 11.6 Å². The smallest absolute Gasteiger partial charge is 0.345 e. The number of ether oxygens (including phenoxy) is 1. The Balaban J connectivity index is 1.58. The molecule has 1 aliphatic rings. The molecule has 0 saturated carbocycles. The van der Waals surface area contributed by atoms with Crippen molar-refractivity contribution in [1.29, 1.82) is 0 Å². The lowest BCUT2D eigenvalue weighted by Crippen LogP contribution is -2.25. The monoisotopic (exact) mass is 493 g/mol. The van der Waals surface area contributed by atoms with Crippen molar-refractivity contribution in [2.24, 2.45) is 0 Å². The van der Waals surface area contributed by atoms with Gasteiger partial charge in [-0.1, -0.05) is 24.3 Å². The Kier molecular flexibility index (Phi) is 6.04. The van der Waals surface area contributed by atoms with Crippen LogP contribution in [0.3, 0.4) is 0 Å². The summed E-state index contributed by atoms with van der Waals surface area (Å²) in [7, 11) is 0. The Morgan fingerprint density at radius 2 is 1.56 bits per heavy atom. The van der Waals surface area contributed by atoms with Gasteiger partial charge in [-0.25, -0.2) is 4.79 Å². The van der Waals surface area contributed by atoms with E-state index in [1.54, 1.807) is 0 Å². The third-order valence-electron chi connectivity index (χ3n) is 5.23. The van der Waals surface area contributed by atoms with E-state index >= 15 is 0 Å². The Morgan fingerprint density at radius 1 is 0.889 bits per heavy atom. The summed E-state index contributed by atoms with van der Waals surface area (Å²) in [6.07, 6.45) is 0. The van der Waals surface area contributed by atoms with Crippen molar-refractivity contribution in [2.45, 2.75) is 0 Å². The number of hydrogen-bond donors (Lipinski definition) is 1. The second-order valence-electron chi connectivity index (χ2n) is 7.39. The summed E-state index contributed by atoms with van der Waals surface area (Å²) in [5.41, 5.74) is -3.47. The molecule has 0 unspecified atom stereocenters. The maximum absolute atomic E-state index is 13.4. The third-order valence-corrected chi connectivity index (χ3v) is 5.23. The zero-order valence-electron chi connectivity index (χ0n) is 17.8. The molecule has 3 aromatic rings. The minimum atomic E-state index is -1.33. The fourth-order valence-corrected chi connectivity index (χ4v) is 3.66. The number of amides is 1. The number of carbonyl (C=O) groups is 4. The number of fused-ring (bicyclic) bond motifs is 2. The number of halogens is 1. The predicted molar refractivity (Wildman–Crippen MR) is 118 cm³/mol. The first-order chi connectivity index (χ1) is 17.1.